The molecule has 0 radical (unpaired) electrons. The van der Waals surface area contributed by atoms with Crippen molar-refractivity contribution in [2.24, 2.45) is 0 Å². The van der Waals surface area contributed by atoms with Gasteiger partial charge in [0.2, 0.25) is 5.91 Å². The number of carbonyl (C=O) groups excluding carboxylic acids is 3. The molecular formula is C21H21N3O3S. The third-order valence-corrected chi connectivity index (χ3v) is 6.21. The normalized spacial score (nSPS) is 20.4. The van der Waals surface area contributed by atoms with E-state index in [0.717, 1.165) is 27.3 Å². The van der Waals surface area contributed by atoms with E-state index in [9.17, 15) is 14.4 Å². The average Bonchev–Trinajstić information content (AvgIpc) is 3.38. The molecule has 1 atom stereocenters. The lowest BCUT2D eigenvalue weighted by Gasteiger charge is -2.24. The van der Waals surface area contributed by atoms with E-state index in [2.05, 4.69) is 11.9 Å². The highest BCUT2D eigenvalue weighted by Crippen LogP contribution is 2.41. The second-order valence-electron chi connectivity index (χ2n) is 7.03. The molecule has 1 aromatic carbocycles. The summed E-state index contributed by atoms with van der Waals surface area (Å²) in [5.41, 5.74) is 0.866. The van der Waals surface area contributed by atoms with E-state index in [1.54, 1.807) is 22.3 Å². The lowest BCUT2D eigenvalue weighted by Crippen LogP contribution is -2.44. The SMILES string of the molecule is C=CCN(Cc1cccs1)C(=O)CN1C(=O)N[C@]2(CCc3ccccc32)C1=O. The molecule has 28 heavy (non-hydrogen) atoms. The van der Waals surface area contributed by atoms with Crippen molar-refractivity contribution < 1.29 is 14.4 Å². The molecule has 1 aliphatic heterocycles. The Hall–Kier alpha value is -2.93. The summed E-state index contributed by atoms with van der Waals surface area (Å²) in [6.07, 6.45) is 2.89. The van der Waals surface area contributed by atoms with Crippen LogP contribution in [-0.2, 0) is 28.1 Å². The third kappa shape index (κ3) is 3.01. The molecule has 4 amide bonds. The second-order valence-corrected chi connectivity index (χ2v) is 8.06. The number of hydrogen-bond acceptors (Lipinski definition) is 4. The zero-order valence-electron chi connectivity index (χ0n) is 15.4. The molecule has 0 saturated carbocycles. The zero-order valence-corrected chi connectivity index (χ0v) is 16.2. The van der Waals surface area contributed by atoms with Crippen molar-refractivity contribution in [2.75, 3.05) is 13.1 Å². The Balaban J connectivity index is 1.53. The fourth-order valence-electron chi connectivity index (χ4n) is 3.97. The van der Waals surface area contributed by atoms with Crippen LogP contribution in [0.3, 0.4) is 0 Å². The van der Waals surface area contributed by atoms with Gasteiger partial charge in [-0.05, 0) is 35.4 Å². The predicted molar refractivity (Wildman–Crippen MR) is 107 cm³/mol. The molecule has 6 nitrogen and oxygen atoms in total. The van der Waals surface area contributed by atoms with E-state index >= 15 is 0 Å². The Kier molecular flexibility index (Phi) is 4.77. The number of nitrogens with zero attached hydrogens (tertiary/aromatic N) is 2. The van der Waals surface area contributed by atoms with Crippen molar-refractivity contribution in [1.29, 1.82) is 0 Å². The summed E-state index contributed by atoms with van der Waals surface area (Å²) in [6.45, 7) is 4.22. The smallest absolute Gasteiger partial charge is 0.325 e. The largest absolute Gasteiger partial charge is 0.332 e. The summed E-state index contributed by atoms with van der Waals surface area (Å²) in [6, 6.07) is 11.0. The number of nitrogens with one attached hydrogen (secondary N) is 1. The van der Waals surface area contributed by atoms with E-state index in [1.165, 1.54) is 0 Å². The maximum absolute atomic E-state index is 13.2. The number of amides is 4. The van der Waals surface area contributed by atoms with E-state index in [-0.39, 0.29) is 18.4 Å². The van der Waals surface area contributed by atoms with Crippen molar-refractivity contribution in [3.8, 4) is 0 Å². The summed E-state index contributed by atoms with van der Waals surface area (Å²) in [4.78, 5) is 42.3. The number of rotatable bonds is 6. The monoisotopic (exact) mass is 395 g/mol. The quantitative estimate of drug-likeness (QED) is 0.604. The first-order chi connectivity index (χ1) is 13.5. The van der Waals surface area contributed by atoms with Crippen LogP contribution < -0.4 is 5.32 Å². The topological polar surface area (TPSA) is 69.7 Å². The van der Waals surface area contributed by atoms with Crippen LogP contribution in [0.4, 0.5) is 4.79 Å². The highest BCUT2D eigenvalue weighted by molar-refractivity contribution is 7.09. The molecule has 1 saturated heterocycles. The first kappa shape index (κ1) is 18.4. The van der Waals surface area contributed by atoms with Gasteiger partial charge in [0.25, 0.3) is 5.91 Å². The summed E-state index contributed by atoms with van der Waals surface area (Å²) >= 11 is 1.56. The first-order valence-electron chi connectivity index (χ1n) is 9.19. The molecule has 4 rings (SSSR count). The second kappa shape index (κ2) is 7.24. The Morgan fingerprint density at radius 1 is 1.29 bits per heavy atom. The van der Waals surface area contributed by atoms with Gasteiger partial charge < -0.3 is 10.2 Å². The van der Waals surface area contributed by atoms with Gasteiger partial charge in [0.05, 0.1) is 6.54 Å². The number of urea groups is 1. The summed E-state index contributed by atoms with van der Waals surface area (Å²) < 4.78 is 0. The number of thiophene rings is 1. The number of carbonyl (C=O) groups is 3. The molecule has 1 aliphatic carbocycles. The Morgan fingerprint density at radius 3 is 2.86 bits per heavy atom. The van der Waals surface area contributed by atoms with Crippen LogP contribution in [0.5, 0.6) is 0 Å². The minimum Gasteiger partial charge on any atom is -0.332 e. The summed E-state index contributed by atoms with van der Waals surface area (Å²) in [7, 11) is 0. The Labute approximate surface area is 167 Å². The average molecular weight is 395 g/mol. The highest BCUT2D eigenvalue weighted by Gasteiger charge is 2.55. The zero-order chi connectivity index (χ0) is 19.7. The standard InChI is InChI=1S/C21H21N3O3S/c1-2-11-23(13-16-7-5-12-28-16)18(25)14-24-19(26)21(22-20(24)27)10-9-15-6-3-4-8-17(15)21/h2-8,12H,1,9-11,13-14H2,(H,22,27)/t21-/m0/s1. The number of benzene rings is 1. The first-order valence-corrected chi connectivity index (χ1v) is 10.1. The van der Waals surface area contributed by atoms with Crippen molar-refractivity contribution >= 4 is 29.2 Å². The van der Waals surface area contributed by atoms with Crippen LogP contribution in [0.1, 0.15) is 22.4 Å². The molecule has 7 heteroatoms. The predicted octanol–water partition coefficient (Wildman–Crippen LogP) is 2.66. The molecule has 1 spiro atoms. The summed E-state index contributed by atoms with van der Waals surface area (Å²) in [5.74, 6) is -0.620. The van der Waals surface area contributed by atoms with Crippen LogP contribution in [0, 0.1) is 0 Å². The molecular weight excluding hydrogens is 374 g/mol. The van der Waals surface area contributed by atoms with Gasteiger partial charge >= 0.3 is 6.03 Å². The molecule has 0 bridgehead atoms. The van der Waals surface area contributed by atoms with Gasteiger partial charge in [-0.25, -0.2) is 4.79 Å². The van der Waals surface area contributed by atoms with Crippen molar-refractivity contribution in [2.45, 2.75) is 24.9 Å². The van der Waals surface area contributed by atoms with E-state index < -0.39 is 11.6 Å². The summed E-state index contributed by atoms with van der Waals surface area (Å²) in [5, 5.41) is 4.80. The van der Waals surface area contributed by atoms with Crippen LogP contribution >= 0.6 is 11.3 Å². The molecule has 144 valence electrons. The molecule has 0 unspecified atom stereocenters. The fraction of sp³-hybridized carbons (Fsp3) is 0.286. The Bertz CT molecular complexity index is 940. The van der Waals surface area contributed by atoms with Gasteiger partial charge in [0, 0.05) is 11.4 Å². The Morgan fingerprint density at radius 2 is 2.11 bits per heavy atom. The number of aryl methyl sites for hydroxylation is 1. The lowest BCUT2D eigenvalue weighted by molar-refractivity contribution is -0.139. The molecule has 1 fully saturated rings. The van der Waals surface area contributed by atoms with Gasteiger partial charge in [-0.3, -0.25) is 14.5 Å². The molecule has 1 N–H and O–H groups in total. The fourth-order valence-corrected chi connectivity index (χ4v) is 4.69. The van der Waals surface area contributed by atoms with Crippen molar-refractivity contribution in [3.63, 3.8) is 0 Å². The van der Waals surface area contributed by atoms with E-state index in [0.29, 0.717) is 19.5 Å². The highest BCUT2D eigenvalue weighted by atomic mass is 32.1. The van der Waals surface area contributed by atoms with Crippen LogP contribution in [0.15, 0.2) is 54.4 Å². The maximum atomic E-state index is 13.2. The minimum atomic E-state index is -1.04. The third-order valence-electron chi connectivity index (χ3n) is 5.34. The van der Waals surface area contributed by atoms with Crippen LogP contribution in [-0.4, -0.2) is 40.7 Å². The van der Waals surface area contributed by atoms with Gasteiger partial charge in [0.1, 0.15) is 12.1 Å². The van der Waals surface area contributed by atoms with Crippen molar-refractivity contribution in [1.82, 2.24) is 15.1 Å². The molecule has 2 aliphatic rings. The van der Waals surface area contributed by atoms with E-state index in [1.807, 2.05) is 41.8 Å². The minimum absolute atomic E-state index is 0.270. The van der Waals surface area contributed by atoms with Crippen LogP contribution in [0.25, 0.3) is 0 Å². The number of fused-ring (bicyclic) bond motifs is 2. The van der Waals surface area contributed by atoms with E-state index in [4.69, 9.17) is 0 Å². The lowest BCUT2D eigenvalue weighted by atomic mass is 9.92. The van der Waals surface area contributed by atoms with Gasteiger partial charge in [-0.1, -0.05) is 36.4 Å². The molecule has 1 aromatic heterocycles. The number of imide groups is 1. The van der Waals surface area contributed by atoms with Gasteiger partial charge in [-0.15, -0.1) is 17.9 Å². The van der Waals surface area contributed by atoms with Gasteiger partial charge in [-0.2, -0.15) is 0 Å². The van der Waals surface area contributed by atoms with Crippen molar-refractivity contribution in [3.05, 3.63) is 70.4 Å². The molecule has 2 heterocycles. The van der Waals surface area contributed by atoms with Crippen LogP contribution in [0.2, 0.25) is 0 Å². The number of hydrogen-bond donors (Lipinski definition) is 1. The molecule has 2 aromatic rings. The van der Waals surface area contributed by atoms with Gasteiger partial charge in [0.15, 0.2) is 0 Å². The maximum Gasteiger partial charge on any atom is 0.325 e.